The molecule has 0 spiro atoms. The minimum Gasteiger partial charge on any atom is -0.327 e. The number of aromatic nitrogens is 2. The van der Waals surface area contributed by atoms with Gasteiger partial charge in [0.15, 0.2) is 0 Å². The largest absolute Gasteiger partial charge is 0.327 e. The molecular formula is C17H33N3. The van der Waals surface area contributed by atoms with Gasteiger partial charge in [-0.25, -0.2) is 0 Å². The van der Waals surface area contributed by atoms with Gasteiger partial charge in [0.1, 0.15) is 0 Å². The molecule has 0 radical (unpaired) electrons. The number of nitrogens with zero attached hydrogens (tertiary/aromatic N) is 2. The summed E-state index contributed by atoms with van der Waals surface area (Å²) in [6, 6.07) is 2.80. The van der Waals surface area contributed by atoms with Gasteiger partial charge >= 0.3 is 0 Å². The highest BCUT2D eigenvalue weighted by atomic mass is 15.3. The summed E-state index contributed by atoms with van der Waals surface area (Å²) in [5.74, 6) is 0.668. The molecule has 1 rings (SSSR count). The van der Waals surface area contributed by atoms with Gasteiger partial charge in [0, 0.05) is 24.7 Å². The first kappa shape index (κ1) is 17.2. The molecule has 3 atom stereocenters. The smallest absolute Gasteiger partial charge is 0.0640 e. The van der Waals surface area contributed by atoms with E-state index in [-0.39, 0.29) is 6.04 Å². The van der Waals surface area contributed by atoms with Crippen molar-refractivity contribution in [1.82, 2.24) is 9.78 Å². The fourth-order valence-corrected chi connectivity index (χ4v) is 2.92. The van der Waals surface area contributed by atoms with Crippen LogP contribution in [0.15, 0.2) is 12.3 Å². The van der Waals surface area contributed by atoms with Gasteiger partial charge in [-0.2, -0.15) is 5.10 Å². The molecule has 3 nitrogen and oxygen atoms in total. The molecule has 0 saturated heterocycles. The molecule has 116 valence electrons. The highest BCUT2D eigenvalue weighted by molar-refractivity contribution is 5.02. The van der Waals surface area contributed by atoms with Crippen molar-refractivity contribution in [3.63, 3.8) is 0 Å². The Kier molecular flexibility index (Phi) is 6.25. The zero-order valence-electron chi connectivity index (χ0n) is 14.2. The molecule has 0 saturated carbocycles. The van der Waals surface area contributed by atoms with Crippen LogP contribution in [0.1, 0.15) is 72.5 Å². The Balaban J connectivity index is 2.46. The van der Waals surface area contributed by atoms with E-state index in [9.17, 15) is 0 Å². The van der Waals surface area contributed by atoms with Crippen LogP contribution in [0.4, 0.5) is 0 Å². The molecule has 2 N–H and O–H groups in total. The summed E-state index contributed by atoms with van der Waals surface area (Å²) >= 11 is 0. The van der Waals surface area contributed by atoms with E-state index in [1.807, 2.05) is 0 Å². The normalized spacial score (nSPS) is 16.9. The summed E-state index contributed by atoms with van der Waals surface area (Å²) < 4.78 is 2.06. The number of hydrogen-bond donors (Lipinski definition) is 1. The quantitative estimate of drug-likeness (QED) is 0.813. The van der Waals surface area contributed by atoms with Gasteiger partial charge in [0.25, 0.3) is 0 Å². The fraction of sp³-hybridized carbons (Fsp3) is 0.824. The summed E-state index contributed by atoms with van der Waals surface area (Å²) in [4.78, 5) is 0. The summed E-state index contributed by atoms with van der Waals surface area (Å²) in [6.07, 6.45) is 6.37. The van der Waals surface area contributed by atoms with E-state index in [0.717, 1.165) is 25.0 Å². The van der Waals surface area contributed by atoms with Crippen molar-refractivity contribution in [1.29, 1.82) is 0 Å². The van der Waals surface area contributed by atoms with Gasteiger partial charge in [0.2, 0.25) is 0 Å². The Morgan fingerprint density at radius 3 is 2.50 bits per heavy atom. The van der Waals surface area contributed by atoms with Gasteiger partial charge in [-0.05, 0) is 43.6 Å². The van der Waals surface area contributed by atoms with Crippen molar-refractivity contribution in [2.75, 3.05) is 0 Å². The maximum absolute atomic E-state index is 6.29. The monoisotopic (exact) mass is 279 g/mol. The summed E-state index contributed by atoms with van der Waals surface area (Å²) in [7, 11) is 0. The van der Waals surface area contributed by atoms with Crippen molar-refractivity contribution in [2.24, 2.45) is 17.1 Å². The molecule has 0 aromatic carbocycles. The van der Waals surface area contributed by atoms with Crippen molar-refractivity contribution < 1.29 is 0 Å². The van der Waals surface area contributed by atoms with E-state index in [1.165, 1.54) is 6.42 Å². The van der Waals surface area contributed by atoms with Gasteiger partial charge in [0.05, 0.1) is 5.69 Å². The summed E-state index contributed by atoms with van der Waals surface area (Å²) in [5, 5.41) is 4.64. The van der Waals surface area contributed by atoms with Crippen molar-refractivity contribution in [3.05, 3.63) is 18.0 Å². The predicted molar refractivity (Wildman–Crippen MR) is 86.8 cm³/mol. The lowest BCUT2D eigenvalue weighted by atomic mass is 9.82. The molecule has 20 heavy (non-hydrogen) atoms. The van der Waals surface area contributed by atoms with Crippen molar-refractivity contribution in [2.45, 2.75) is 79.3 Å². The Morgan fingerprint density at radius 1 is 1.30 bits per heavy atom. The SMILES string of the molecule is CCC(C)n1ccc(CC(N)CC(C)CC(C)(C)C)n1. The first-order valence-corrected chi connectivity index (χ1v) is 8.01. The molecule has 0 aliphatic rings. The van der Waals surface area contributed by atoms with Crippen molar-refractivity contribution in [3.8, 4) is 0 Å². The van der Waals surface area contributed by atoms with E-state index in [2.05, 4.69) is 63.6 Å². The average molecular weight is 279 g/mol. The zero-order chi connectivity index (χ0) is 15.3. The molecule has 1 heterocycles. The molecule has 1 aromatic heterocycles. The molecule has 3 heteroatoms. The van der Waals surface area contributed by atoms with Gasteiger partial charge < -0.3 is 5.73 Å². The second-order valence-electron chi connectivity index (χ2n) is 7.61. The highest BCUT2D eigenvalue weighted by Crippen LogP contribution is 2.26. The Labute approximate surface area is 124 Å². The number of rotatable bonds is 7. The van der Waals surface area contributed by atoms with E-state index in [4.69, 9.17) is 5.73 Å². The van der Waals surface area contributed by atoms with Gasteiger partial charge in [-0.3, -0.25) is 4.68 Å². The van der Waals surface area contributed by atoms with Crippen LogP contribution in [0.5, 0.6) is 0 Å². The third kappa shape index (κ3) is 6.08. The van der Waals surface area contributed by atoms with Crippen LogP contribution in [-0.4, -0.2) is 15.8 Å². The Hall–Kier alpha value is -0.830. The second kappa shape index (κ2) is 7.26. The standard InChI is InChI=1S/C17H33N3/c1-7-14(3)20-9-8-16(19-20)11-15(18)10-13(2)12-17(4,5)6/h8-9,13-15H,7,10-12,18H2,1-6H3. The lowest BCUT2D eigenvalue weighted by Crippen LogP contribution is -2.27. The summed E-state index contributed by atoms with van der Waals surface area (Å²) in [5.41, 5.74) is 7.81. The number of nitrogens with two attached hydrogens (primary N) is 1. The molecule has 1 aromatic rings. The van der Waals surface area contributed by atoms with Crippen LogP contribution >= 0.6 is 0 Å². The second-order valence-corrected chi connectivity index (χ2v) is 7.61. The molecule has 0 fully saturated rings. The maximum Gasteiger partial charge on any atom is 0.0640 e. The maximum atomic E-state index is 6.29. The van der Waals surface area contributed by atoms with Gasteiger partial charge in [-0.15, -0.1) is 0 Å². The van der Waals surface area contributed by atoms with Crippen LogP contribution in [-0.2, 0) is 6.42 Å². The molecule has 3 unspecified atom stereocenters. The zero-order valence-corrected chi connectivity index (χ0v) is 14.2. The minimum atomic E-state index is 0.215. The Bertz CT molecular complexity index is 389. The van der Waals surface area contributed by atoms with Crippen LogP contribution in [0.25, 0.3) is 0 Å². The lowest BCUT2D eigenvalue weighted by Gasteiger charge is -2.25. The van der Waals surface area contributed by atoms with Gasteiger partial charge in [-0.1, -0.05) is 34.6 Å². The molecule has 0 aliphatic heterocycles. The number of hydrogen-bond acceptors (Lipinski definition) is 2. The third-order valence-corrected chi connectivity index (χ3v) is 3.84. The Morgan fingerprint density at radius 2 is 1.95 bits per heavy atom. The van der Waals surface area contributed by atoms with E-state index in [1.54, 1.807) is 0 Å². The lowest BCUT2D eigenvalue weighted by molar-refractivity contribution is 0.285. The molecular weight excluding hydrogens is 246 g/mol. The first-order valence-electron chi connectivity index (χ1n) is 8.01. The minimum absolute atomic E-state index is 0.215. The van der Waals surface area contributed by atoms with E-state index in [0.29, 0.717) is 17.4 Å². The predicted octanol–water partition coefficient (Wildman–Crippen LogP) is 4.19. The van der Waals surface area contributed by atoms with Crippen LogP contribution in [0.2, 0.25) is 0 Å². The van der Waals surface area contributed by atoms with E-state index >= 15 is 0 Å². The first-order chi connectivity index (χ1) is 9.21. The van der Waals surface area contributed by atoms with Crippen LogP contribution in [0.3, 0.4) is 0 Å². The van der Waals surface area contributed by atoms with E-state index < -0.39 is 0 Å². The average Bonchev–Trinajstić information content (AvgIpc) is 2.73. The van der Waals surface area contributed by atoms with Crippen LogP contribution in [0, 0.1) is 11.3 Å². The summed E-state index contributed by atoms with van der Waals surface area (Å²) in [6.45, 7) is 13.6. The molecule has 0 bridgehead atoms. The molecule has 0 amide bonds. The fourth-order valence-electron chi connectivity index (χ4n) is 2.92. The van der Waals surface area contributed by atoms with Crippen molar-refractivity contribution >= 4 is 0 Å². The van der Waals surface area contributed by atoms with Crippen LogP contribution < -0.4 is 5.73 Å². The molecule has 0 aliphatic carbocycles. The highest BCUT2D eigenvalue weighted by Gasteiger charge is 2.18. The third-order valence-electron chi connectivity index (χ3n) is 3.84. The topological polar surface area (TPSA) is 43.8 Å².